The molecule has 12 heteroatoms. The number of amides is 1. The Morgan fingerprint density at radius 1 is 1.15 bits per heavy atom. The monoisotopic (exact) mass is 543 g/mol. The minimum Gasteiger partial charge on any atom is -0.489 e. The smallest absolute Gasteiger partial charge is 0.322 e. The van der Waals surface area contributed by atoms with Crippen LogP contribution in [0.4, 0.5) is 11.8 Å². The number of nitrogens with zero attached hydrogens (tertiary/aromatic N) is 8. The summed E-state index contributed by atoms with van der Waals surface area (Å²) in [4.78, 5) is 38.8. The van der Waals surface area contributed by atoms with Crippen molar-refractivity contribution in [3.63, 3.8) is 0 Å². The number of hydrogen-bond acceptors (Lipinski definition) is 10. The maximum absolute atomic E-state index is 12.9. The topological polar surface area (TPSA) is 137 Å². The third kappa shape index (κ3) is 5.50. The molecule has 3 aromatic heterocycles. The Labute approximate surface area is 232 Å². The largest absolute Gasteiger partial charge is 0.489 e. The van der Waals surface area contributed by atoms with E-state index < -0.39 is 0 Å². The number of nitrogen functional groups attached to an aromatic ring is 1. The lowest BCUT2D eigenvalue weighted by Crippen LogP contribution is -2.43. The van der Waals surface area contributed by atoms with Crippen molar-refractivity contribution in [2.45, 2.75) is 32.1 Å². The van der Waals surface area contributed by atoms with E-state index in [2.05, 4.69) is 35.7 Å². The number of aromatic nitrogens is 6. The zero-order valence-corrected chi connectivity index (χ0v) is 22.6. The van der Waals surface area contributed by atoms with Crippen LogP contribution in [0.25, 0.3) is 11.3 Å². The summed E-state index contributed by atoms with van der Waals surface area (Å²) in [6.45, 7) is 3.71. The van der Waals surface area contributed by atoms with Crippen molar-refractivity contribution in [2.75, 3.05) is 50.0 Å². The number of aryl methyl sites for hydroxylation is 1. The summed E-state index contributed by atoms with van der Waals surface area (Å²) in [5.41, 5.74) is 7.51. The third-order valence-electron chi connectivity index (χ3n) is 7.83. The molecular formula is C28H33N9O3. The van der Waals surface area contributed by atoms with Gasteiger partial charge in [-0.1, -0.05) is 5.92 Å². The highest BCUT2D eigenvalue weighted by Gasteiger charge is 2.42. The molecule has 3 aromatic rings. The van der Waals surface area contributed by atoms with Crippen LogP contribution >= 0.6 is 0 Å². The van der Waals surface area contributed by atoms with Crippen molar-refractivity contribution in [3.05, 3.63) is 30.6 Å². The van der Waals surface area contributed by atoms with E-state index in [-0.39, 0.29) is 23.2 Å². The first-order valence-electron chi connectivity index (χ1n) is 13.7. The van der Waals surface area contributed by atoms with E-state index in [9.17, 15) is 4.79 Å². The van der Waals surface area contributed by atoms with Crippen LogP contribution in [0.1, 0.15) is 42.7 Å². The van der Waals surface area contributed by atoms with Gasteiger partial charge in [0.15, 0.2) is 11.6 Å². The number of likely N-dealkylation sites (tertiary alicyclic amines) is 1. The number of rotatable bonds is 9. The van der Waals surface area contributed by atoms with Gasteiger partial charge in [0.2, 0.25) is 11.8 Å². The zero-order chi connectivity index (χ0) is 27.7. The van der Waals surface area contributed by atoms with Crippen LogP contribution < -0.4 is 20.1 Å². The number of nitrogens with two attached hydrogens (primary N) is 1. The van der Waals surface area contributed by atoms with Crippen molar-refractivity contribution in [1.29, 1.82) is 0 Å². The van der Waals surface area contributed by atoms with Gasteiger partial charge >= 0.3 is 6.01 Å². The summed E-state index contributed by atoms with van der Waals surface area (Å²) in [6.07, 6.45) is 15.6. The Kier molecular flexibility index (Phi) is 6.88. The summed E-state index contributed by atoms with van der Waals surface area (Å²) in [6, 6.07) is 2.03. The van der Waals surface area contributed by atoms with E-state index in [0.717, 1.165) is 43.4 Å². The molecule has 0 aromatic carbocycles. The first kappa shape index (κ1) is 25.9. The maximum Gasteiger partial charge on any atom is 0.322 e. The summed E-state index contributed by atoms with van der Waals surface area (Å²) in [5.74, 6) is 4.41. The lowest BCUT2D eigenvalue weighted by Gasteiger charge is -2.33. The molecule has 40 heavy (non-hydrogen) atoms. The normalized spacial score (nSPS) is 18.1. The van der Waals surface area contributed by atoms with Gasteiger partial charge in [0.25, 0.3) is 5.91 Å². The van der Waals surface area contributed by atoms with E-state index in [1.165, 1.54) is 0 Å². The lowest BCUT2D eigenvalue weighted by molar-refractivity contribution is 0.0636. The molecule has 208 valence electrons. The number of piperidine rings is 1. The van der Waals surface area contributed by atoms with Crippen molar-refractivity contribution in [2.24, 2.45) is 18.4 Å². The molecule has 0 unspecified atom stereocenters. The SMILES string of the molecule is C#CC1(COc2nc(C(=O)N3CCC3)nc(N3CCC(COc4cc(-c5cn(C)cn5)cnc4N)CC3)n2)CC1. The number of hydrogen-bond donors (Lipinski definition) is 1. The minimum absolute atomic E-state index is 0.117. The Morgan fingerprint density at radius 2 is 1.95 bits per heavy atom. The lowest BCUT2D eigenvalue weighted by atomic mass is 9.98. The predicted molar refractivity (Wildman–Crippen MR) is 148 cm³/mol. The molecule has 3 aliphatic rings. The first-order chi connectivity index (χ1) is 19.4. The molecule has 6 rings (SSSR count). The molecule has 0 atom stereocenters. The molecule has 0 radical (unpaired) electrons. The fourth-order valence-corrected chi connectivity index (χ4v) is 4.77. The van der Waals surface area contributed by atoms with Crippen LogP contribution in [-0.4, -0.2) is 79.7 Å². The molecule has 3 fully saturated rings. The summed E-state index contributed by atoms with van der Waals surface area (Å²) in [5, 5.41) is 0. The number of anilines is 2. The second kappa shape index (κ2) is 10.6. The van der Waals surface area contributed by atoms with Gasteiger partial charge in [-0.15, -0.1) is 6.42 Å². The Bertz CT molecular complexity index is 1430. The highest BCUT2D eigenvalue weighted by molar-refractivity contribution is 5.91. The fourth-order valence-electron chi connectivity index (χ4n) is 4.77. The number of ether oxygens (including phenoxy) is 2. The van der Waals surface area contributed by atoms with E-state index in [1.807, 2.05) is 23.9 Å². The third-order valence-corrected chi connectivity index (χ3v) is 7.83. The van der Waals surface area contributed by atoms with Crippen molar-refractivity contribution < 1.29 is 14.3 Å². The molecule has 5 heterocycles. The van der Waals surface area contributed by atoms with Gasteiger partial charge < -0.3 is 29.6 Å². The number of carbonyl (C=O) groups excluding carboxylic acids is 1. The highest BCUT2D eigenvalue weighted by atomic mass is 16.5. The molecular weight excluding hydrogens is 510 g/mol. The molecule has 2 saturated heterocycles. The Morgan fingerprint density at radius 3 is 2.60 bits per heavy atom. The second-order valence-electron chi connectivity index (χ2n) is 10.9. The van der Waals surface area contributed by atoms with Crippen molar-refractivity contribution in [1.82, 2.24) is 34.4 Å². The molecule has 2 N–H and O–H groups in total. The second-order valence-corrected chi connectivity index (χ2v) is 10.9. The van der Waals surface area contributed by atoms with Crippen LogP contribution in [0.5, 0.6) is 11.8 Å². The molecule has 1 saturated carbocycles. The Hall–Kier alpha value is -4.40. The predicted octanol–water partition coefficient (Wildman–Crippen LogP) is 2.18. The number of pyridine rings is 1. The molecule has 1 aliphatic carbocycles. The van der Waals surface area contributed by atoms with Gasteiger partial charge in [-0.2, -0.15) is 15.0 Å². The van der Waals surface area contributed by atoms with Crippen molar-refractivity contribution in [3.8, 4) is 35.4 Å². The molecule has 12 nitrogen and oxygen atoms in total. The molecule has 0 bridgehead atoms. The first-order valence-corrected chi connectivity index (χ1v) is 13.7. The zero-order valence-electron chi connectivity index (χ0n) is 22.6. The molecule has 2 aliphatic heterocycles. The summed E-state index contributed by atoms with van der Waals surface area (Å²) >= 11 is 0. The van der Waals surface area contributed by atoms with E-state index in [1.54, 1.807) is 17.4 Å². The fraction of sp³-hybridized carbons (Fsp3) is 0.500. The number of terminal acetylenes is 1. The van der Waals surface area contributed by atoms with Gasteiger partial charge in [-0.3, -0.25) is 4.79 Å². The van der Waals surface area contributed by atoms with Gasteiger partial charge in [0.1, 0.15) is 6.61 Å². The Balaban J connectivity index is 1.10. The van der Waals surface area contributed by atoms with Crippen LogP contribution in [0, 0.1) is 23.7 Å². The maximum atomic E-state index is 12.9. The van der Waals surface area contributed by atoms with E-state index in [4.69, 9.17) is 21.6 Å². The molecule has 1 amide bonds. The quantitative estimate of drug-likeness (QED) is 0.400. The summed E-state index contributed by atoms with van der Waals surface area (Å²) in [7, 11) is 1.92. The average Bonchev–Trinajstić information content (AvgIpc) is 3.61. The minimum atomic E-state index is -0.247. The van der Waals surface area contributed by atoms with Crippen LogP contribution in [0.3, 0.4) is 0 Å². The van der Waals surface area contributed by atoms with Crippen LogP contribution in [0.2, 0.25) is 0 Å². The van der Waals surface area contributed by atoms with Crippen molar-refractivity contribution >= 4 is 17.7 Å². The average molecular weight is 544 g/mol. The van der Waals surface area contributed by atoms with Gasteiger partial charge in [-0.25, -0.2) is 9.97 Å². The summed E-state index contributed by atoms with van der Waals surface area (Å²) < 4.78 is 13.9. The van der Waals surface area contributed by atoms with Gasteiger partial charge in [0, 0.05) is 51.2 Å². The van der Waals surface area contributed by atoms with E-state index >= 15 is 0 Å². The van der Waals surface area contributed by atoms with Crippen LogP contribution in [-0.2, 0) is 7.05 Å². The standard InChI is InChI=1S/C28H33N9O3/c1-3-28(7-8-28)17-40-27-33-24(25(38)36-9-4-10-36)32-26(34-27)37-11-5-19(6-12-37)16-39-22-13-20(14-30-23(22)29)21-15-35(2)18-31-21/h1,13-15,18-19H,4-12,16-17H2,2H3,(H2,29,30). The van der Waals surface area contributed by atoms with Crippen LogP contribution in [0.15, 0.2) is 24.8 Å². The number of carbonyl (C=O) groups is 1. The van der Waals surface area contributed by atoms with Gasteiger partial charge in [-0.05, 0) is 44.1 Å². The van der Waals surface area contributed by atoms with Gasteiger partial charge in [0.05, 0.1) is 24.0 Å². The number of imidazole rings is 1. The van der Waals surface area contributed by atoms with E-state index in [0.29, 0.717) is 62.8 Å². The highest BCUT2D eigenvalue weighted by Crippen LogP contribution is 2.44. The molecule has 0 spiro atoms.